The molecule has 0 radical (unpaired) electrons. The number of aromatic amines is 1. The minimum atomic E-state index is 0.162. The van der Waals surface area contributed by atoms with Gasteiger partial charge in [0.2, 0.25) is 0 Å². The van der Waals surface area contributed by atoms with Crippen molar-refractivity contribution in [2.45, 2.75) is 38.4 Å². The van der Waals surface area contributed by atoms with Gasteiger partial charge in [0.05, 0.1) is 29.5 Å². The first kappa shape index (κ1) is 19.5. The van der Waals surface area contributed by atoms with Crippen molar-refractivity contribution in [1.29, 1.82) is 5.26 Å². The fraction of sp³-hybridized carbons (Fsp3) is 0.333. The molecule has 1 fully saturated rings. The van der Waals surface area contributed by atoms with Crippen LogP contribution in [0.1, 0.15) is 31.7 Å². The van der Waals surface area contributed by atoms with Crippen LogP contribution in [0.15, 0.2) is 54.4 Å². The highest BCUT2D eigenvalue weighted by molar-refractivity contribution is 5.92. The van der Waals surface area contributed by atoms with Gasteiger partial charge < -0.3 is 9.64 Å². The number of hydrogen-bond donors (Lipinski definition) is 1. The van der Waals surface area contributed by atoms with Crippen molar-refractivity contribution in [3.8, 4) is 17.5 Å². The molecule has 2 aromatic heterocycles. The maximum Gasteiger partial charge on any atom is 0.132 e. The number of nitrogens with zero attached hydrogens (tertiary/aromatic N) is 5. The summed E-state index contributed by atoms with van der Waals surface area (Å²) in [6.07, 6.45) is 8.75. The highest BCUT2D eigenvalue weighted by Crippen LogP contribution is 2.32. The van der Waals surface area contributed by atoms with Crippen LogP contribution in [0.25, 0.3) is 22.3 Å². The van der Waals surface area contributed by atoms with Crippen molar-refractivity contribution in [2.75, 3.05) is 18.0 Å². The lowest BCUT2D eigenvalue weighted by molar-refractivity contribution is -0.00546. The predicted octanol–water partition coefficient (Wildman–Crippen LogP) is 4.13. The summed E-state index contributed by atoms with van der Waals surface area (Å²) in [5.74, 6) is 1.14. The Bertz CT molecular complexity index is 1210. The number of nitriles is 1. The molecule has 0 bridgehead atoms. The summed E-state index contributed by atoms with van der Waals surface area (Å²) in [6.45, 7) is 5.78. The zero-order valence-electron chi connectivity index (χ0n) is 17.6. The first-order valence-electron chi connectivity index (χ1n) is 10.6. The molecule has 0 unspecified atom stereocenters. The maximum atomic E-state index is 9.07. The molecule has 1 aliphatic carbocycles. The van der Waals surface area contributed by atoms with Gasteiger partial charge in [0.15, 0.2) is 0 Å². The first-order chi connectivity index (χ1) is 15.1. The molecule has 3 atom stereocenters. The van der Waals surface area contributed by atoms with Crippen LogP contribution in [0.5, 0.6) is 0 Å². The van der Waals surface area contributed by atoms with Crippen LogP contribution >= 0.6 is 0 Å². The van der Waals surface area contributed by atoms with Crippen molar-refractivity contribution >= 4 is 16.7 Å². The molecule has 3 aromatic rings. The minimum Gasteiger partial charge on any atom is -0.372 e. The molecule has 1 aromatic carbocycles. The SMILES string of the molecule is C[C@@H]1CN(c2cc(-c3n[nH]c4ccc([C@H]5C=CC(C#N)=CC5)cc34)ncn2)C[C@H](C)O1. The van der Waals surface area contributed by atoms with Crippen molar-refractivity contribution in [3.05, 3.63) is 60.0 Å². The van der Waals surface area contributed by atoms with E-state index < -0.39 is 0 Å². The Morgan fingerprint density at radius 2 is 2.00 bits per heavy atom. The monoisotopic (exact) mass is 412 g/mol. The summed E-state index contributed by atoms with van der Waals surface area (Å²) in [5, 5.41) is 17.8. The third-order valence-electron chi connectivity index (χ3n) is 5.88. The molecule has 0 amide bonds. The van der Waals surface area contributed by atoms with Gasteiger partial charge in [-0.15, -0.1) is 0 Å². The molecule has 1 aliphatic heterocycles. The number of aromatic nitrogens is 4. The highest BCUT2D eigenvalue weighted by Gasteiger charge is 2.24. The lowest BCUT2D eigenvalue weighted by atomic mass is 9.89. The number of anilines is 1. The van der Waals surface area contributed by atoms with Gasteiger partial charge in [0.25, 0.3) is 0 Å². The first-order valence-corrected chi connectivity index (χ1v) is 10.6. The van der Waals surface area contributed by atoms with Gasteiger partial charge in [0, 0.05) is 36.0 Å². The number of ether oxygens (including phenoxy) is 1. The van der Waals surface area contributed by atoms with Gasteiger partial charge >= 0.3 is 0 Å². The smallest absolute Gasteiger partial charge is 0.132 e. The van der Waals surface area contributed by atoms with E-state index in [4.69, 9.17) is 10.00 Å². The molecular formula is C24H24N6O. The van der Waals surface area contributed by atoms with Crippen LogP contribution in [-0.4, -0.2) is 45.5 Å². The third kappa shape index (κ3) is 3.82. The number of nitrogens with one attached hydrogen (secondary N) is 1. The van der Waals surface area contributed by atoms with E-state index in [0.717, 1.165) is 53.2 Å². The Labute approximate surface area is 181 Å². The van der Waals surface area contributed by atoms with E-state index in [-0.39, 0.29) is 18.1 Å². The molecular weight excluding hydrogens is 388 g/mol. The fourth-order valence-electron chi connectivity index (χ4n) is 4.42. The molecule has 3 heterocycles. The van der Waals surface area contributed by atoms with Gasteiger partial charge in [-0.25, -0.2) is 9.97 Å². The molecule has 0 spiro atoms. The Morgan fingerprint density at radius 3 is 2.74 bits per heavy atom. The zero-order chi connectivity index (χ0) is 21.4. The topological polar surface area (TPSA) is 90.7 Å². The van der Waals surface area contributed by atoms with Crippen molar-refractivity contribution in [1.82, 2.24) is 20.2 Å². The van der Waals surface area contributed by atoms with Gasteiger partial charge in [-0.1, -0.05) is 18.2 Å². The maximum absolute atomic E-state index is 9.07. The summed E-state index contributed by atoms with van der Waals surface area (Å²) in [4.78, 5) is 11.3. The number of benzene rings is 1. The second kappa shape index (κ2) is 7.97. The van der Waals surface area contributed by atoms with E-state index in [0.29, 0.717) is 0 Å². The Kier molecular flexibility index (Phi) is 5.00. The van der Waals surface area contributed by atoms with Gasteiger partial charge in [-0.3, -0.25) is 5.10 Å². The van der Waals surface area contributed by atoms with E-state index in [9.17, 15) is 0 Å². The highest BCUT2D eigenvalue weighted by atomic mass is 16.5. The molecule has 156 valence electrons. The Morgan fingerprint density at radius 1 is 1.16 bits per heavy atom. The van der Waals surface area contributed by atoms with Crippen LogP contribution in [0, 0.1) is 11.3 Å². The zero-order valence-corrected chi connectivity index (χ0v) is 17.6. The van der Waals surface area contributed by atoms with Crippen molar-refractivity contribution in [2.24, 2.45) is 0 Å². The minimum absolute atomic E-state index is 0.162. The average Bonchev–Trinajstić information content (AvgIpc) is 3.22. The van der Waals surface area contributed by atoms with E-state index in [2.05, 4.69) is 69.3 Å². The van der Waals surface area contributed by atoms with Crippen LogP contribution in [0.4, 0.5) is 5.82 Å². The van der Waals surface area contributed by atoms with Crippen LogP contribution in [0.2, 0.25) is 0 Å². The summed E-state index contributed by atoms with van der Waals surface area (Å²) in [7, 11) is 0. The summed E-state index contributed by atoms with van der Waals surface area (Å²) < 4.78 is 5.85. The fourth-order valence-corrected chi connectivity index (χ4v) is 4.42. The second-order valence-electron chi connectivity index (χ2n) is 8.27. The summed E-state index contributed by atoms with van der Waals surface area (Å²) >= 11 is 0. The second-order valence-corrected chi connectivity index (χ2v) is 8.27. The standard InChI is InChI=1S/C24H24N6O/c1-15-12-30(13-16(2)31-15)23-10-22(26-14-27-23)24-20-9-19(7-8-21(20)28-29-24)18-5-3-17(11-25)4-6-18/h3-5,7-10,14-16,18H,6,12-13H2,1-2H3,(H,28,29)/t15-,16+,18-/m0/s1. The number of fused-ring (bicyclic) bond motifs is 1. The Hall–Kier alpha value is -3.50. The van der Waals surface area contributed by atoms with Gasteiger partial charge in [-0.2, -0.15) is 10.4 Å². The molecule has 1 N–H and O–H groups in total. The van der Waals surface area contributed by atoms with E-state index in [1.165, 1.54) is 5.56 Å². The molecule has 31 heavy (non-hydrogen) atoms. The van der Waals surface area contributed by atoms with Crippen LogP contribution < -0.4 is 4.90 Å². The van der Waals surface area contributed by atoms with Crippen molar-refractivity contribution in [3.63, 3.8) is 0 Å². The molecule has 7 nitrogen and oxygen atoms in total. The lowest BCUT2D eigenvalue weighted by Crippen LogP contribution is -2.45. The largest absolute Gasteiger partial charge is 0.372 e. The van der Waals surface area contributed by atoms with Gasteiger partial charge in [-0.05, 0) is 44.0 Å². The lowest BCUT2D eigenvalue weighted by Gasteiger charge is -2.36. The average molecular weight is 412 g/mol. The number of allylic oxidation sites excluding steroid dienone is 4. The number of morpholine rings is 1. The number of H-pyrrole nitrogens is 1. The van der Waals surface area contributed by atoms with Gasteiger partial charge in [0.1, 0.15) is 17.8 Å². The normalized spacial score (nSPS) is 23.6. The third-order valence-corrected chi connectivity index (χ3v) is 5.88. The van der Waals surface area contributed by atoms with E-state index in [1.807, 2.05) is 18.2 Å². The summed E-state index contributed by atoms with van der Waals surface area (Å²) in [5.41, 5.74) is 4.51. The van der Waals surface area contributed by atoms with Crippen LogP contribution in [-0.2, 0) is 4.74 Å². The quantitative estimate of drug-likeness (QED) is 0.696. The molecule has 2 aliphatic rings. The molecule has 5 rings (SSSR count). The van der Waals surface area contributed by atoms with Crippen molar-refractivity contribution < 1.29 is 4.74 Å². The Balaban J connectivity index is 1.48. The van der Waals surface area contributed by atoms with E-state index in [1.54, 1.807) is 6.33 Å². The molecule has 0 saturated carbocycles. The number of rotatable bonds is 3. The van der Waals surface area contributed by atoms with E-state index >= 15 is 0 Å². The number of hydrogen-bond acceptors (Lipinski definition) is 6. The van der Waals surface area contributed by atoms with Crippen LogP contribution in [0.3, 0.4) is 0 Å². The molecule has 7 heteroatoms. The predicted molar refractivity (Wildman–Crippen MR) is 120 cm³/mol. The summed E-state index contributed by atoms with van der Waals surface area (Å²) in [6, 6.07) is 10.6. The molecule has 1 saturated heterocycles.